The summed E-state index contributed by atoms with van der Waals surface area (Å²) >= 11 is 0. The van der Waals surface area contributed by atoms with Crippen LogP contribution in [0.25, 0.3) is 0 Å². The Morgan fingerprint density at radius 3 is 2.25 bits per heavy atom. The minimum absolute atomic E-state index is 0.0569. The fourth-order valence-electron chi connectivity index (χ4n) is 1.64. The topological polar surface area (TPSA) is 107 Å². The highest BCUT2D eigenvalue weighted by atomic mass is 16.3. The molecule has 6 heteroatoms. The van der Waals surface area contributed by atoms with Crippen molar-refractivity contribution in [3.05, 3.63) is 47.5 Å². The first-order valence-corrected chi connectivity index (χ1v) is 5.63. The molecule has 0 saturated carbocycles. The van der Waals surface area contributed by atoms with E-state index in [1.54, 1.807) is 18.2 Å². The van der Waals surface area contributed by atoms with Crippen LogP contribution >= 0.6 is 0 Å². The highest BCUT2D eigenvalue weighted by Crippen LogP contribution is 2.35. The molecule has 102 valence electrons. The fraction of sp³-hybridized carbons (Fsp3) is 0. The van der Waals surface area contributed by atoms with Crippen molar-refractivity contribution in [3.63, 3.8) is 0 Å². The van der Waals surface area contributed by atoms with Crippen LogP contribution in [0.4, 0.5) is 5.69 Å². The summed E-state index contributed by atoms with van der Waals surface area (Å²) < 4.78 is 0. The van der Waals surface area contributed by atoms with Crippen molar-refractivity contribution in [3.8, 4) is 17.2 Å². The lowest BCUT2D eigenvalue weighted by atomic mass is 10.1. The second-order valence-corrected chi connectivity index (χ2v) is 4.02. The van der Waals surface area contributed by atoms with Crippen molar-refractivity contribution < 1.29 is 24.9 Å². The van der Waals surface area contributed by atoms with Crippen molar-refractivity contribution in [2.24, 2.45) is 0 Å². The highest BCUT2D eigenvalue weighted by molar-refractivity contribution is 6.07. The van der Waals surface area contributed by atoms with Gasteiger partial charge in [0.25, 0.3) is 5.91 Å². The van der Waals surface area contributed by atoms with Gasteiger partial charge >= 0.3 is 0 Å². The third kappa shape index (κ3) is 2.54. The molecule has 2 rings (SSSR count). The zero-order valence-electron chi connectivity index (χ0n) is 10.2. The molecule has 0 atom stereocenters. The molecule has 0 radical (unpaired) electrons. The van der Waals surface area contributed by atoms with E-state index in [0.717, 1.165) is 12.1 Å². The molecule has 1 amide bonds. The Hall–Kier alpha value is -3.02. The summed E-state index contributed by atoms with van der Waals surface area (Å²) in [4.78, 5) is 22.8. The van der Waals surface area contributed by atoms with Crippen LogP contribution in [0.15, 0.2) is 36.4 Å². The van der Waals surface area contributed by atoms with E-state index in [1.165, 1.54) is 6.07 Å². The van der Waals surface area contributed by atoms with E-state index in [-0.39, 0.29) is 5.56 Å². The van der Waals surface area contributed by atoms with Crippen LogP contribution in [0.2, 0.25) is 0 Å². The van der Waals surface area contributed by atoms with Gasteiger partial charge in [-0.2, -0.15) is 0 Å². The molecular weight excluding hydrogens is 262 g/mol. The SMILES string of the molecule is O=Cc1ccccc1NC(=O)c1cc(O)c(O)c(O)c1. The first-order valence-electron chi connectivity index (χ1n) is 5.63. The first-order chi connectivity index (χ1) is 9.52. The molecule has 0 saturated heterocycles. The van der Waals surface area contributed by atoms with E-state index in [1.807, 2.05) is 0 Å². The quantitative estimate of drug-likeness (QED) is 0.504. The van der Waals surface area contributed by atoms with Gasteiger partial charge in [0.05, 0.1) is 5.69 Å². The number of aromatic hydroxyl groups is 3. The Kier molecular flexibility index (Phi) is 3.56. The molecule has 6 nitrogen and oxygen atoms in total. The molecule has 4 N–H and O–H groups in total. The molecule has 0 aliphatic carbocycles. The number of carbonyl (C=O) groups excluding carboxylic acids is 2. The lowest BCUT2D eigenvalue weighted by Crippen LogP contribution is -2.13. The van der Waals surface area contributed by atoms with Gasteiger partial charge in [0, 0.05) is 11.1 Å². The summed E-state index contributed by atoms with van der Waals surface area (Å²) in [6.45, 7) is 0. The van der Waals surface area contributed by atoms with Crippen LogP contribution in [-0.2, 0) is 0 Å². The molecule has 0 aromatic heterocycles. The van der Waals surface area contributed by atoms with Crippen LogP contribution in [-0.4, -0.2) is 27.5 Å². The van der Waals surface area contributed by atoms with Crippen LogP contribution in [0.5, 0.6) is 17.2 Å². The van der Waals surface area contributed by atoms with Crippen LogP contribution in [0.1, 0.15) is 20.7 Å². The number of carbonyl (C=O) groups is 2. The first kappa shape index (κ1) is 13.4. The third-order valence-corrected chi connectivity index (χ3v) is 2.67. The highest BCUT2D eigenvalue weighted by Gasteiger charge is 2.14. The average molecular weight is 273 g/mol. The Morgan fingerprint density at radius 2 is 1.65 bits per heavy atom. The molecule has 0 fully saturated rings. The largest absolute Gasteiger partial charge is 0.504 e. The van der Waals surface area contributed by atoms with Crippen LogP contribution < -0.4 is 5.32 Å². The summed E-state index contributed by atoms with van der Waals surface area (Å²) in [6.07, 6.45) is 0.599. The Labute approximate surface area is 113 Å². The number of phenols is 3. The summed E-state index contributed by atoms with van der Waals surface area (Å²) in [6, 6.07) is 8.39. The van der Waals surface area contributed by atoms with Gasteiger partial charge in [0.2, 0.25) is 0 Å². The van der Waals surface area contributed by atoms with Crippen molar-refractivity contribution in [2.75, 3.05) is 5.32 Å². The molecule has 0 aliphatic heterocycles. The summed E-state index contributed by atoms with van der Waals surface area (Å²) in [5, 5.41) is 30.4. The number of phenolic OH excluding ortho intramolecular Hbond substituents is 3. The van der Waals surface area contributed by atoms with E-state index in [0.29, 0.717) is 17.5 Å². The number of nitrogens with one attached hydrogen (secondary N) is 1. The molecular formula is C14H11NO5. The monoisotopic (exact) mass is 273 g/mol. The Morgan fingerprint density at radius 1 is 1.05 bits per heavy atom. The second-order valence-electron chi connectivity index (χ2n) is 4.02. The molecule has 0 heterocycles. The Balaban J connectivity index is 2.31. The van der Waals surface area contributed by atoms with Gasteiger partial charge < -0.3 is 20.6 Å². The van der Waals surface area contributed by atoms with Crippen LogP contribution in [0, 0.1) is 0 Å². The predicted molar refractivity (Wildman–Crippen MR) is 71.2 cm³/mol. The Bertz CT molecular complexity index is 658. The minimum atomic E-state index is -0.699. The zero-order valence-corrected chi connectivity index (χ0v) is 10.2. The molecule has 0 aliphatic rings. The average Bonchev–Trinajstić information content (AvgIpc) is 2.44. The molecule has 0 unspecified atom stereocenters. The maximum Gasteiger partial charge on any atom is 0.255 e. The van der Waals surface area contributed by atoms with E-state index in [2.05, 4.69) is 5.32 Å². The normalized spacial score (nSPS) is 10.0. The number of amides is 1. The molecule has 0 spiro atoms. The van der Waals surface area contributed by atoms with E-state index >= 15 is 0 Å². The van der Waals surface area contributed by atoms with Gasteiger partial charge in [0.1, 0.15) is 0 Å². The lowest BCUT2D eigenvalue weighted by molar-refractivity contribution is 0.102. The summed E-state index contributed by atoms with van der Waals surface area (Å²) in [5.41, 5.74) is 0.547. The van der Waals surface area contributed by atoms with Crippen molar-refractivity contribution in [1.82, 2.24) is 0 Å². The van der Waals surface area contributed by atoms with Gasteiger partial charge in [-0.25, -0.2) is 0 Å². The second kappa shape index (κ2) is 5.31. The van der Waals surface area contributed by atoms with Gasteiger partial charge in [-0.3, -0.25) is 9.59 Å². The lowest BCUT2D eigenvalue weighted by Gasteiger charge is -2.09. The number of hydrogen-bond donors (Lipinski definition) is 4. The number of benzene rings is 2. The fourth-order valence-corrected chi connectivity index (χ4v) is 1.64. The smallest absolute Gasteiger partial charge is 0.255 e. The van der Waals surface area contributed by atoms with E-state index in [4.69, 9.17) is 0 Å². The molecule has 2 aromatic rings. The molecule has 0 bridgehead atoms. The number of anilines is 1. The number of rotatable bonds is 3. The van der Waals surface area contributed by atoms with Crippen molar-refractivity contribution in [2.45, 2.75) is 0 Å². The van der Waals surface area contributed by atoms with E-state index in [9.17, 15) is 24.9 Å². The molecule has 20 heavy (non-hydrogen) atoms. The van der Waals surface area contributed by atoms with Gasteiger partial charge in [-0.15, -0.1) is 0 Å². The number of aldehydes is 1. The minimum Gasteiger partial charge on any atom is -0.504 e. The summed E-state index contributed by atoms with van der Waals surface area (Å²) in [5.74, 6) is -2.56. The zero-order chi connectivity index (χ0) is 14.7. The third-order valence-electron chi connectivity index (χ3n) is 2.67. The van der Waals surface area contributed by atoms with Crippen molar-refractivity contribution >= 4 is 17.9 Å². The number of hydrogen-bond acceptors (Lipinski definition) is 5. The van der Waals surface area contributed by atoms with Crippen LogP contribution in [0.3, 0.4) is 0 Å². The predicted octanol–water partition coefficient (Wildman–Crippen LogP) is 1.87. The van der Waals surface area contributed by atoms with Gasteiger partial charge in [-0.05, 0) is 24.3 Å². The number of para-hydroxylation sites is 1. The van der Waals surface area contributed by atoms with Gasteiger partial charge in [-0.1, -0.05) is 12.1 Å². The maximum absolute atomic E-state index is 12.0. The summed E-state index contributed by atoms with van der Waals surface area (Å²) in [7, 11) is 0. The maximum atomic E-state index is 12.0. The van der Waals surface area contributed by atoms with Crippen molar-refractivity contribution in [1.29, 1.82) is 0 Å². The standard InChI is InChI=1S/C14H11NO5/c16-7-8-3-1-2-4-10(8)15-14(20)9-5-11(17)13(19)12(18)6-9/h1-7,17-19H,(H,15,20). The van der Waals surface area contributed by atoms with E-state index < -0.39 is 23.2 Å². The molecule has 2 aromatic carbocycles. The van der Waals surface area contributed by atoms with Gasteiger partial charge in [0.15, 0.2) is 23.5 Å².